The molecule has 0 unspecified atom stereocenters. The first-order chi connectivity index (χ1) is 6.02. The van der Waals surface area contributed by atoms with Gasteiger partial charge < -0.3 is 5.11 Å². The Morgan fingerprint density at radius 2 is 2.08 bits per heavy atom. The number of rotatable bonds is 2. The van der Waals surface area contributed by atoms with Crippen LogP contribution in [0.2, 0.25) is 0 Å². The third kappa shape index (κ3) is 1.95. The Morgan fingerprint density at radius 3 is 2.46 bits per heavy atom. The van der Waals surface area contributed by atoms with Crippen molar-refractivity contribution in [3.63, 3.8) is 0 Å². The van der Waals surface area contributed by atoms with E-state index in [1.165, 1.54) is 0 Å². The van der Waals surface area contributed by atoms with Crippen LogP contribution < -0.4 is 0 Å². The van der Waals surface area contributed by atoms with E-state index in [2.05, 4.69) is 4.98 Å². The van der Waals surface area contributed by atoms with Gasteiger partial charge in [-0.2, -0.15) is 4.39 Å². The second-order valence-electron chi connectivity index (χ2n) is 2.18. The van der Waals surface area contributed by atoms with E-state index >= 15 is 0 Å². The highest BCUT2D eigenvalue weighted by molar-refractivity contribution is 5.85. The van der Waals surface area contributed by atoms with Crippen molar-refractivity contribution in [2.45, 2.75) is 6.43 Å². The quantitative estimate of drug-likeness (QED) is 0.725. The highest BCUT2D eigenvalue weighted by Crippen LogP contribution is 2.20. The van der Waals surface area contributed by atoms with Crippen LogP contribution in [0.15, 0.2) is 12.1 Å². The molecule has 70 valence electrons. The van der Waals surface area contributed by atoms with Crippen molar-refractivity contribution in [2.24, 2.45) is 0 Å². The van der Waals surface area contributed by atoms with Gasteiger partial charge in [-0.1, -0.05) is 0 Å². The third-order valence-electron chi connectivity index (χ3n) is 1.33. The van der Waals surface area contributed by atoms with Crippen molar-refractivity contribution in [1.82, 2.24) is 4.98 Å². The van der Waals surface area contributed by atoms with Gasteiger partial charge in [-0.15, -0.1) is 0 Å². The molecule has 1 aromatic rings. The lowest BCUT2D eigenvalue weighted by Crippen LogP contribution is -2.04. The summed E-state index contributed by atoms with van der Waals surface area (Å²) in [5.41, 5.74) is -1.49. The number of halogens is 3. The molecule has 3 nitrogen and oxygen atoms in total. The molecule has 0 spiro atoms. The predicted octanol–water partition coefficient (Wildman–Crippen LogP) is 1.86. The molecule has 0 amide bonds. The van der Waals surface area contributed by atoms with Crippen LogP contribution in [0.1, 0.15) is 22.5 Å². The van der Waals surface area contributed by atoms with E-state index in [-0.39, 0.29) is 0 Å². The van der Waals surface area contributed by atoms with Crippen LogP contribution in [0.5, 0.6) is 0 Å². The average Bonchev–Trinajstić information content (AvgIpc) is 2.03. The van der Waals surface area contributed by atoms with Gasteiger partial charge in [0.15, 0.2) is 5.69 Å². The number of hydrogen-bond donors (Lipinski definition) is 1. The molecule has 0 aliphatic rings. The zero-order valence-electron chi connectivity index (χ0n) is 6.17. The molecule has 1 aromatic heterocycles. The summed E-state index contributed by atoms with van der Waals surface area (Å²) in [4.78, 5) is 13.1. The van der Waals surface area contributed by atoms with E-state index in [1.807, 2.05) is 0 Å². The van der Waals surface area contributed by atoms with E-state index in [4.69, 9.17) is 5.11 Å². The summed E-state index contributed by atoms with van der Waals surface area (Å²) in [6.07, 6.45) is -2.99. The Kier molecular flexibility index (Phi) is 2.50. The second-order valence-corrected chi connectivity index (χ2v) is 2.18. The SMILES string of the molecule is O=C(O)c1ccc(C(F)F)c(F)n1. The summed E-state index contributed by atoms with van der Waals surface area (Å²) in [6, 6.07) is 1.53. The highest BCUT2D eigenvalue weighted by Gasteiger charge is 2.16. The summed E-state index contributed by atoms with van der Waals surface area (Å²) in [7, 11) is 0. The molecule has 0 saturated carbocycles. The maximum Gasteiger partial charge on any atom is 0.354 e. The summed E-state index contributed by atoms with van der Waals surface area (Å²) in [5, 5.41) is 8.32. The van der Waals surface area contributed by atoms with Crippen LogP contribution in [0, 0.1) is 5.95 Å². The average molecular weight is 191 g/mol. The van der Waals surface area contributed by atoms with Gasteiger partial charge in [-0.05, 0) is 12.1 Å². The van der Waals surface area contributed by atoms with Gasteiger partial charge in [0.2, 0.25) is 5.95 Å². The molecule has 0 aromatic carbocycles. The lowest BCUT2D eigenvalue weighted by atomic mass is 10.2. The smallest absolute Gasteiger partial charge is 0.354 e. The molecule has 0 aliphatic carbocycles. The summed E-state index contributed by atoms with van der Waals surface area (Å²) >= 11 is 0. The van der Waals surface area contributed by atoms with Gasteiger partial charge in [-0.3, -0.25) is 0 Å². The van der Waals surface area contributed by atoms with Crippen molar-refractivity contribution in [1.29, 1.82) is 0 Å². The number of carbonyl (C=O) groups is 1. The Hall–Kier alpha value is -1.59. The normalized spacial score (nSPS) is 10.5. The van der Waals surface area contributed by atoms with Crippen molar-refractivity contribution >= 4 is 5.97 Å². The van der Waals surface area contributed by atoms with E-state index in [9.17, 15) is 18.0 Å². The minimum atomic E-state index is -2.99. The standard InChI is InChI=1S/C7H4F3NO2/c8-5(9)3-1-2-4(7(12)13)11-6(3)10/h1-2,5H,(H,12,13). The van der Waals surface area contributed by atoms with Crippen LogP contribution in [0.25, 0.3) is 0 Å². The van der Waals surface area contributed by atoms with E-state index in [0.717, 1.165) is 6.07 Å². The molecule has 0 atom stereocenters. The fraction of sp³-hybridized carbons (Fsp3) is 0.143. The van der Waals surface area contributed by atoms with E-state index in [0.29, 0.717) is 6.07 Å². The number of pyridine rings is 1. The first-order valence-corrected chi connectivity index (χ1v) is 3.20. The van der Waals surface area contributed by atoms with Crippen LogP contribution in [-0.2, 0) is 0 Å². The van der Waals surface area contributed by atoms with Crippen LogP contribution in [-0.4, -0.2) is 16.1 Å². The van der Waals surface area contributed by atoms with Crippen molar-refractivity contribution in [3.8, 4) is 0 Å². The van der Waals surface area contributed by atoms with Gasteiger partial charge in [0, 0.05) is 0 Å². The van der Waals surface area contributed by atoms with Crippen molar-refractivity contribution in [2.75, 3.05) is 0 Å². The minimum absolute atomic E-state index is 0.595. The molecule has 0 radical (unpaired) electrons. The molecule has 1 rings (SSSR count). The molecule has 13 heavy (non-hydrogen) atoms. The van der Waals surface area contributed by atoms with Crippen molar-refractivity contribution in [3.05, 3.63) is 29.3 Å². The Balaban J connectivity index is 3.13. The van der Waals surface area contributed by atoms with E-state index in [1.54, 1.807) is 0 Å². The minimum Gasteiger partial charge on any atom is -0.477 e. The van der Waals surface area contributed by atoms with Gasteiger partial charge in [0.05, 0.1) is 5.56 Å². The Bertz CT molecular complexity index is 341. The molecular formula is C7H4F3NO2. The lowest BCUT2D eigenvalue weighted by Gasteiger charge is -2.00. The van der Waals surface area contributed by atoms with Gasteiger partial charge in [0.25, 0.3) is 6.43 Å². The fourth-order valence-corrected chi connectivity index (χ4v) is 0.727. The second kappa shape index (κ2) is 3.42. The van der Waals surface area contributed by atoms with Crippen molar-refractivity contribution < 1.29 is 23.1 Å². The van der Waals surface area contributed by atoms with Gasteiger partial charge >= 0.3 is 5.97 Å². The number of hydrogen-bond acceptors (Lipinski definition) is 2. The van der Waals surface area contributed by atoms with Crippen LogP contribution in [0.3, 0.4) is 0 Å². The summed E-state index contributed by atoms with van der Waals surface area (Å²) in [6.45, 7) is 0. The molecule has 0 saturated heterocycles. The first-order valence-electron chi connectivity index (χ1n) is 3.20. The summed E-state index contributed by atoms with van der Waals surface area (Å²) < 4.78 is 36.5. The lowest BCUT2D eigenvalue weighted by molar-refractivity contribution is 0.0687. The number of aromatic nitrogens is 1. The predicted molar refractivity (Wildman–Crippen MR) is 36.1 cm³/mol. The van der Waals surface area contributed by atoms with Crippen LogP contribution >= 0.6 is 0 Å². The van der Waals surface area contributed by atoms with Crippen LogP contribution in [0.4, 0.5) is 13.2 Å². The van der Waals surface area contributed by atoms with Gasteiger partial charge in [0.1, 0.15) is 0 Å². The zero-order valence-corrected chi connectivity index (χ0v) is 6.17. The zero-order chi connectivity index (χ0) is 10.0. The Morgan fingerprint density at radius 1 is 1.46 bits per heavy atom. The third-order valence-corrected chi connectivity index (χ3v) is 1.33. The monoisotopic (exact) mass is 191 g/mol. The first kappa shape index (κ1) is 9.50. The molecule has 0 aliphatic heterocycles. The molecular weight excluding hydrogens is 187 g/mol. The largest absolute Gasteiger partial charge is 0.477 e. The molecule has 0 fully saturated rings. The van der Waals surface area contributed by atoms with Gasteiger partial charge in [-0.25, -0.2) is 18.6 Å². The maximum absolute atomic E-state index is 12.6. The number of alkyl halides is 2. The van der Waals surface area contributed by atoms with E-state index < -0.39 is 29.6 Å². The highest BCUT2D eigenvalue weighted by atomic mass is 19.3. The molecule has 1 N–H and O–H groups in total. The maximum atomic E-state index is 12.6. The topological polar surface area (TPSA) is 50.2 Å². The number of carboxylic acids is 1. The number of carboxylic acid groups (broad SMARTS) is 1. The summed E-state index contributed by atoms with van der Waals surface area (Å²) in [5.74, 6) is -2.91. The molecule has 6 heteroatoms. The number of aromatic carboxylic acids is 1. The number of nitrogens with zero attached hydrogens (tertiary/aromatic N) is 1. The Labute approximate surface area is 70.8 Å². The fourth-order valence-electron chi connectivity index (χ4n) is 0.727. The molecule has 1 heterocycles. The molecule has 0 bridgehead atoms.